The van der Waals surface area contributed by atoms with Crippen molar-refractivity contribution < 1.29 is 9.53 Å². The van der Waals surface area contributed by atoms with Crippen LogP contribution in [0.4, 0.5) is 10.7 Å². The number of rotatable bonds is 8. The molecule has 3 N–H and O–H groups in total. The van der Waals surface area contributed by atoms with E-state index in [2.05, 4.69) is 24.1 Å². The lowest BCUT2D eigenvalue weighted by molar-refractivity contribution is 0.102. The third-order valence-electron chi connectivity index (χ3n) is 3.03. The number of methoxy groups -OCH3 is 1. The van der Waals surface area contributed by atoms with Gasteiger partial charge in [0.05, 0.1) is 17.7 Å². The number of Topliss-reactive ketones (excluding diaryl/α,β-unsaturated/α-hetero) is 1. The molecule has 0 unspecified atom stereocenters. The minimum absolute atomic E-state index is 0.0300. The van der Waals surface area contributed by atoms with E-state index in [-0.39, 0.29) is 5.78 Å². The number of carbonyl (C=O) groups is 1. The summed E-state index contributed by atoms with van der Waals surface area (Å²) in [6, 6.07) is 0. The number of thiophene rings is 1. The summed E-state index contributed by atoms with van der Waals surface area (Å²) in [4.78, 5) is 14.3. The number of carbonyl (C=O) groups excluding carboxylic acids is 1. The second-order valence-corrected chi connectivity index (χ2v) is 5.24. The van der Waals surface area contributed by atoms with Gasteiger partial charge in [0, 0.05) is 20.0 Å². The topological polar surface area (TPSA) is 67.6 Å². The fourth-order valence-electron chi connectivity index (χ4n) is 1.88. The van der Waals surface area contributed by atoms with Crippen molar-refractivity contribution in [3.05, 3.63) is 4.88 Å². The Hall–Kier alpha value is -1.27. The number of anilines is 2. The van der Waals surface area contributed by atoms with Gasteiger partial charge in [-0.3, -0.25) is 4.79 Å². The number of nitrogen functional groups attached to an aromatic ring is 1. The van der Waals surface area contributed by atoms with Crippen LogP contribution in [0.15, 0.2) is 0 Å². The molecule has 6 heteroatoms. The largest absolute Gasteiger partial charge is 0.492 e. The molecule has 1 heterocycles. The highest BCUT2D eigenvalue weighted by atomic mass is 32.1. The van der Waals surface area contributed by atoms with E-state index < -0.39 is 0 Å². The van der Waals surface area contributed by atoms with Gasteiger partial charge >= 0.3 is 0 Å². The lowest BCUT2D eigenvalue weighted by Crippen LogP contribution is -2.28. The second kappa shape index (κ2) is 7.35. The van der Waals surface area contributed by atoms with Crippen LogP contribution >= 0.6 is 11.3 Å². The first-order chi connectivity index (χ1) is 9.04. The summed E-state index contributed by atoms with van der Waals surface area (Å²) in [7, 11) is 1.57. The Kier molecular flexibility index (Phi) is 6.11. The monoisotopic (exact) mass is 285 g/mol. The lowest BCUT2D eigenvalue weighted by Gasteiger charge is -2.18. The predicted molar refractivity (Wildman–Crippen MR) is 81.6 cm³/mol. The number of likely N-dealkylation sites (N-methyl/N-ethyl adjacent to an activating group) is 1. The first-order valence-corrected chi connectivity index (χ1v) is 7.30. The highest BCUT2D eigenvalue weighted by Gasteiger charge is 2.19. The van der Waals surface area contributed by atoms with Crippen LogP contribution in [-0.4, -0.2) is 44.0 Å². The van der Waals surface area contributed by atoms with Crippen molar-refractivity contribution in [1.82, 2.24) is 4.90 Å². The molecule has 0 bridgehead atoms. The van der Waals surface area contributed by atoms with Crippen LogP contribution in [0.3, 0.4) is 0 Å². The molecule has 0 aromatic carbocycles. The molecule has 1 aromatic heterocycles. The summed E-state index contributed by atoms with van der Waals surface area (Å²) in [5.41, 5.74) is 6.35. The van der Waals surface area contributed by atoms with E-state index in [1.54, 1.807) is 7.11 Å². The van der Waals surface area contributed by atoms with Gasteiger partial charge in [-0.2, -0.15) is 0 Å². The van der Waals surface area contributed by atoms with Crippen LogP contribution < -0.4 is 15.8 Å². The molecule has 1 rings (SSSR count). The van der Waals surface area contributed by atoms with Gasteiger partial charge in [-0.05, 0) is 13.1 Å². The molecule has 0 saturated carbocycles. The van der Waals surface area contributed by atoms with Gasteiger partial charge in [0.15, 0.2) is 11.5 Å². The van der Waals surface area contributed by atoms with E-state index in [0.29, 0.717) is 16.3 Å². The van der Waals surface area contributed by atoms with Crippen LogP contribution in [-0.2, 0) is 0 Å². The number of nitrogens with one attached hydrogen (secondary N) is 1. The number of ether oxygens (including phenoxy) is 1. The third kappa shape index (κ3) is 3.84. The first-order valence-electron chi connectivity index (χ1n) is 6.48. The zero-order valence-electron chi connectivity index (χ0n) is 12.1. The average Bonchev–Trinajstić information content (AvgIpc) is 2.71. The fraction of sp³-hybridized carbons (Fsp3) is 0.615. The predicted octanol–water partition coefficient (Wildman–Crippen LogP) is 2.30. The quantitative estimate of drug-likeness (QED) is 0.717. The molecule has 1 aromatic rings. The molecule has 0 aliphatic rings. The minimum atomic E-state index is -0.0300. The van der Waals surface area contributed by atoms with Crippen molar-refractivity contribution in [2.75, 3.05) is 44.3 Å². The van der Waals surface area contributed by atoms with Crippen molar-refractivity contribution in [3.8, 4) is 5.75 Å². The van der Waals surface area contributed by atoms with E-state index in [4.69, 9.17) is 10.5 Å². The van der Waals surface area contributed by atoms with Gasteiger partial charge < -0.3 is 20.7 Å². The zero-order chi connectivity index (χ0) is 14.4. The van der Waals surface area contributed by atoms with Crippen LogP contribution in [0.1, 0.15) is 30.4 Å². The Balaban J connectivity index is 2.73. The Labute approximate surface area is 118 Å². The zero-order valence-corrected chi connectivity index (χ0v) is 12.9. The second-order valence-electron chi connectivity index (χ2n) is 4.22. The number of nitrogens with two attached hydrogens (primary N) is 1. The maximum absolute atomic E-state index is 11.5. The summed E-state index contributed by atoms with van der Waals surface area (Å²) >= 11 is 1.36. The SMILES string of the molecule is CCN(CC)CCNc1sc(C(C)=O)c(N)c1OC. The number of ketones is 1. The molecule has 0 atom stereocenters. The van der Waals surface area contributed by atoms with Crippen molar-refractivity contribution in [1.29, 1.82) is 0 Å². The smallest absolute Gasteiger partial charge is 0.176 e. The Bertz CT molecular complexity index is 428. The third-order valence-corrected chi connectivity index (χ3v) is 4.28. The molecule has 108 valence electrons. The summed E-state index contributed by atoms with van der Waals surface area (Å²) in [6.07, 6.45) is 0. The van der Waals surface area contributed by atoms with Gasteiger partial charge in [0.2, 0.25) is 0 Å². The van der Waals surface area contributed by atoms with E-state index >= 15 is 0 Å². The normalized spacial score (nSPS) is 10.8. The molecule has 0 aliphatic heterocycles. The molecule has 19 heavy (non-hydrogen) atoms. The molecular weight excluding hydrogens is 262 g/mol. The van der Waals surface area contributed by atoms with Gasteiger partial charge in [-0.15, -0.1) is 11.3 Å². The number of hydrogen-bond donors (Lipinski definition) is 2. The van der Waals surface area contributed by atoms with Crippen LogP contribution in [0.2, 0.25) is 0 Å². The molecule has 5 nitrogen and oxygen atoms in total. The first kappa shape index (κ1) is 15.8. The summed E-state index contributed by atoms with van der Waals surface area (Å²) in [6.45, 7) is 9.60. The van der Waals surface area contributed by atoms with E-state index in [0.717, 1.165) is 31.2 Å². The molecule has 0 saturated heterocycles. The van der Waals surface area contributed by atoms with Crippen molar-refractivity contribution in [3.63, 3.8) is 0 Å². The Morgan fingerprint density at radius 2 is 2.05 bits per heavy atom. The van der Waals surface area contributed by atoms with Crippen LogP contribution in [0.5, 0.6) is 5.75 Å². The number of hydrogen-bond acceptors (Lipinski definition) is 6. The average molecular weight is 285 g/mol. The fourth-order valence-corrected chi connectivity index (χ4v) is 2.89. The molecule has 0 amide bonds. The number of nitrogens with zero attached hydrogens (tertiary/aromatic N) is 1. The Morgan fingerprint density at radius 1 is 1.42 bits per heavy atom. The highest BCUT2D eigenvalue weighted by Crippen LogP contribution is 2.42. The summed E-state index contributed by atoms with van der Waals surface area (Å²) in [5.74, 6) is 0.548. The van der Waals surface area contributed by atoms with E-state index in [1.165, 1.54) is 18.3 Å². The van der Waals surface area contributed by atoms with Crippen molar-refractivity contribution >= 4 is 27.8 Å². The lowest BCUT2D eigenvalue weighted by atomic mass is 10.3. The molecule has 0 fully saturated rings. The molecule has 0 radical (unpaired) electrons. The molecule has 0 aliphatic carbocycles. The van der Waals surface area contributed by atoms with Crippen LogP contribution in [0.25, 0.3) is 0 Å². The Morgan fingerprint density at radius 3 is 2.53 bits per heavy atom. The van der Waals surface area contributed by atoms with Crippen LogP contribution in [0, 0.1) is 0 Å². The van der Waals surface area contributed by atoms with E-state index in [1.807, 2.05) is 0 Å². The van der Waals surface area contributed by atoms with Gasteiger partial charge in [-0.25, -0.2) is 0 Å². The van der Waals surface area contributed by atoms with Crippen molar-refractivity contribution in [2.45, 2.75) is 20.8 Å². The maximum Gasteiger partial charge on any atom is 0.176 e. The molecule has 0 spiro atoms. The van der Waals surface area contributed by atoms with Gasteiger partial charge in [-0.1, -0.05) is 13.8 Å². The van der Waals surface area contributed by atoms with Gasteiger partial charge in [0.25, 0.3) is 0 Å². The van der Waals surface area contributed by atoms with Crippen molar-refractivity contribution in [2.24, 2.45) is 0 Å². The maximum atomic E-state index is 11.5. The van der Waals surface area contributed by atoms with E-state index in [9.17, 15) is 4.79 Å². The standard InChI is InChI=1S/C13H23N3O2S/c1-5-16(6-2)8-7-15-13-11(18-4)10(14)12(19-13)9(3)17/h15H,5-8,14H2,1-4H3. The minimum Gasteiger partial charge on any atom is -0.492 e. The summed E-state index contributed by atoms with van der Waals surface area (Å²) < 4.78 is 5.27. The highest BCUT2D eigenvalue weighted by molar-refractivity contribution is 7.19. The molecular formula is C13H23N3O2S. The summed E-state index contributed by atoms with van der Waals surface area (Å²) in [5, 5.41) is 4.13. The van der Waals surface area contributed by atoms with Gasteiger partial charge in [0.1, 0.15) is 5.00 Å².